The normalized spacial score (nSPS) is 9.95. The van der Waals surface area contributed by atoms with Gasteiger partial charge in [-0.15, -0.1) is 0 Å². The van der Waals surface area contributed by atoms with Gasteiger partial charge in [0.25, 0.3) is 5.91 Å². The molecule has 0 atom stereocenters. The second kappa shape index (κ2) is 6.11. The minimum atomic E-state index is -0.271. The zero-order chi connectivity index (χ0) is 13.7. The van der Waals surface area contributed by atoms with Crippen LogP contribution in [0.2, 0.25) is 5.02 Å². The first kappa shape index (κ1) is 13.2. The van der Waals surface area contributed by atoms with Crippen molar-refractivity contribution in [2.24, 2.45) is 0 Å². The molecule has 0 aromatic heterocycles. The molecule has 0 bridgehead atoms. The van der Waals surface area contributed by atoms with E-state index >= 15 is 0 Å². The molecule has 2 rings (SSSR count). The summed E-state index contributed by atoms with van der Waals surface area (Å²) in [6, 6.07) is 13.8. The molecular weight excluding hydrogens is 264 g/mol. The number of amides is 1. The maximum absolute atomic E-state index is 11.7. The Bertz CT molecular complexity index is 570. The lowest BCUT2D eigenvalue weighted by atomic mass is 10.3. The lowest BCUT2D eigenvalue weighted by Gasteiger charge is -2.09. The number of rotatable bonds is 4. The van der Waals surface area contributed by atoms with Gasteiger partial charge in [0.1, 0.15) is 5.75 Å². The van der Waals surface area contributed by atoms with E-state index in [1.54, 1.807) is 48.5 Å². The van der Waals surface area contributed by atoms with Crippen LogP contribution in [-0.2, 0) is 4.79 Å². The Kier molecular flexibility index (Phi) is 4.26. The van der Waals surface area contributed by atoms with Crippen LogP contribution in [-0.4, -0.2) is 12.5 Å². The van der Waals surface area contributed by atoms with Gasteiger partial charge in [0.15, 0.2) is 6.61 Å². The SMILES string of the molecule is Nc1ccccc1NC(=O)COc1ccc(Cl)cc1. The van der Waals surface area contributed by atoms with E-state index < -0.39 is 0 Å². The summed E-state index contributed by atoms with van der Waals surface area (Å²) in [5.74, 6) is 0.313. The number of benzene rings is 2. The summed E-state index contributed by atoms with van der Waals surface area (Å²) in [5, 5.41) is 3.30. The van der Waals surface area contributed by atoms with E-state index in [2.05, 4.69) is 5.32 Å². The number of halogens is 1. The third-order valence-electron chi connectivity index (χ3n) is 2.42. The van der Waals surface area contributed by atoms with Crippen molar-refractivity contribution in [3.05, 3.63) is 53.6 Å². The van der Waals surface area contributed by atoms with Crippen molar-refractivity contribution in [2.75, 3.05) is 17.7 Å². The number of hydrogen-bond donors (Lipinski definition) is 2. The second-order valence-electron chi connectivity index (χ2n) is 3.88. The Labute approximate surface area is 116 Å². The Morgan fingerprint density at radius 1 is 1.16 bits per heavy atom. The highest BCUT2D eigenvalue weighted by Crippen LogP contribution is 2.17. The van der Waals surface area contributed by atoms with Crippen LogP contribution in [0.1, 0.15) is 0 Å². The molecule has 0 spiro atoms. The average Bonchev–Trinajstić information content (AvgIpc) is 2.41. The molecule has 3 N–H and O–H groups in total. The summed E-state index contributed by atoms with van der Waals surface area (Å²) < 4.78 is 5.32. The monoisotopic (exact) mass is 276 g/mol. The number of nitrogens with two attached hydrogens (primary N) is 1. The molecule has 0 aliphatic heterocycles. The van der Waals surface area contributed by atoms with Crippen molar-refractivity contribution >= 4 is 28.9 Å². The third-order valence-corrected chi connectivity index (χ3v) is 2.67. The number of carbonyl (C=O) groups excluding carboxylic acids is 1. The standard InChI is InChI=1S/C14H13ClN2O2/c15-10-5-7-11(8-6-10)19-9-14(18)17-13-4-2-1-3-12(13)16/h1-8H,9,16H2,(H,17,18). The maximum atomic E-state index is 11.7. The first-order chi connectivity index (χ1) is 9.15. The molecule has 0 radical (unpaired) electrons. The predicted molar refractivity (Wildman–Crippen MR) is 76.4 cm³/mol. The number of anilines is 2. The summed E-state index contributed by atoms with van der Waals surface area (Å²) in [7, 11) is 0. The summed E-state index contributed by atoms with van der Waals surface area (Å²) >= 11 is 5.75. The van der Waals surface area contributed by atoms with Gasteiger partial charge in [-0.25, -0.2) is 0 Å². The average molecular weight is 277 g/mol. The smallest absolute Gasteiger partial charge is 0.262 e. The van der Waals surface area contributed by atoms with Crippen molar-refractivity contribution < 1.29 is 9.53 Å². The number of hydrogen-bond acceptors (Lipinski definition) is 3. The van der Waals surface area contributed by atoms with Crippen LogP contribution in [0.25, 0.3) is 0 Å². The van der Waals surface area contributed by atoms with Crippen LogP contribution in [0, 0.1) is 0 Å². The van der Waals surface area contributed by atoms with Crippen molar-refractivity contribution in [3.63, 3.8) is 0 Å². The van der Waals surface area contributed by atoms with Crippen molar-refractivity contribution in [2.45, 2.75) is 0 Å². The Morgan fingerprint density at radius 2 is 1.84 bits per heavy atom. The van der Waals surface area contributed by atoms with Gasteiger partial charge in [-0.1, -0.05) is 23.7 Å². The summed E-state index contributed by atoms with van der Waals surface area (Å²) in [5.41, 5.74) is 6.81. The molecule has 0 saturated carbocycles. The van der Waals surface area contributed by atoms with Crippen molar-refractivity contribution in [3.8, 4) is 5.75 Å². The van der Waals surface area contributed by atoms with E-state index in [1.807, 2.05) is 0 Å². The lowest BCUT2D eigenvalue weighted by Crippen LogP contribution is -2.20. The molecule has 5 heteroatoms. The first-order valence-corrected chi connectivity index (χ1v) is 6.05. The van der Waals surface area contributed by atoms with Gasteiger partial charge in [0, 0.05) is 5.02 Å². The van der Waals surface area contributed by atoms with Gasteiger partial charge in [-0.05, 0) is 36.4 Å². The Morgan fingerprint density at radius 3 is 2.53 bits per heavy atom. The van der Waals surface area contributed by atoms with Crippen molar-refractivity contribution in [1.82, 2.24) is 0 Å². The Hall–Kier alpha value is -2.20. The molecule has 2 aromatic rings. The fourth-order valence-electron chi connectivity index (χ4n) is 1.48. The zero-order valence-electron chi connectivity index (χ0n) is 10.1. The first-order valence-electron chi connectivity index (χ1n) is 5.68. The van der Waals surface area contributed by atoms with E-state index in [0.717, 1.165) is 0 Å². The third kappa shape index (κ3) is 3.89. The molecule has 98 valence electrons. The lowest BCUT2D eigenvalue weighted by molar-refractivity contribution is -0.118. The number of nitrogen functional groups attached to an aromatic ring is 1. The van der Waals surface area contributed by atoms with E-state index in [-0.39, 0.29) is 12.5 Å². The Balaban J connectivity index is 1.88. The van der Waals surface area contributed by atoms with Crippen LogP contribution in [0.4, 0.5) is 11.4 Å². The largest absolute Gasteiger partial charge is 0.484 e. The van der Waals surface area contributed by atoms with E-state index in [4.69, 9.17) is 22.1 Å². The molecule has 0 aliphatic rings. The minimum Gasteiger partial charge on any atom is -0.484 e. The van der Waals surface area contributed by atoms with Gasteiger partial charge in [0.2, 0.25) is 0 Å². The fraction of sp³-hybridized carbons (Fsp3) is 0.0714. The molecule has 0 heterocycles. The number of nitrogens with one attached hydrogen (secondary N) is 1. The highest BCUT2D eigenvalue weighted by molar-refractivity contribution is 6.30. The summed E-state index contributed by atoms with van der Waals surface area (Å²) in [4.78, 5) is 11.7. The van der Waals surface area contributed by atoms with Crippen LogP contribution >= 0.6 is 11.6 Å². The van der Waals surface area contributed by atoms with Crippen LogP contribution in [0.5, 0.6) is 5.75 Å². The summed E-state index contributed by atoms with van der Waals surface area (Å²) in [6.07, 6.45) is 0. The number of para-hydroxylation sites is 2. The predicted octanol–water partition coefficient (Wildman–Crippen LogP) is 2.94. The highest BCUT2D eigenvalue weighted by atomic mass is 35.5. The van der Waals surface area contributed by atoms with E-state index in [0.29, 0.717) is 22.1 Å². The molecule has 2 aromatic carbocycles. The second-order valence-corrected chi connectivity index (χ2v) is 4.31. The molecule has 4 nitrogen and oxygen atoms in total. The van der Waals surface area contributed by atoms with Gasteiger partial charge >= 0.3 is 0 Å². The van der Waals surface area contributed by atoms with Gasteiger partial charge in [0.05, 0.1) is 11.4 Å². The molecular formula is C14H13ClN2O2. The van der Waals surface area contributed by atoms with Crippen LogP contribution in [0.3, 0.4) is 0 Å². The minimum absolute atomic E-state index is 0.0873. The topological polar surface area (TPSA) is 64.3 Å². The molecule has 19 heavy (non-hydrogen) atoms. The molecule has 0 aliphatic carbocycles. The summed E-state index contributed by atoms with van der Waals surface area (Å²) in [6.45, 7) is -0.0873. The van der Waals surface area contributed by atoms with E-state index in [9.17, 15) is 4.79 Å². The number of ether oxygens (including phenoxy) is 1. The highest BCUT2D eigenvalue weighted by Gasteiger charge is 2.05. The zero-order valence-corrected chi connectivity index (χ0v) is 10.9. The molecule has 0 saturated heterocycles. The molecule has 1 amide bonds. The van der Waals surface area contributed by atoms with Gasteiger partial charge < -0.3 is 15.8 Å². The maximum Gasteiger partial charge on any atom is 0.262 e. The molecule has 0 unspecified atom stereocenters. The quantitative estimate of drug-likeness (QED) is 0.844. The van der Waals surface area contributed by atoms with E-state index in [1.165, 1.54) is 0 Å². The fourth-order valence-corrected chi connectivity index (χ4v) is 1.60. The van der Waals surface area contributed by atoms with Gasteiger partial charge in [-0.2, -0.15) is 0 Å². The van der Waals surface area contributed by atoms with Crippen LogP contribution < -0.4 is 15.8 Å². The number of carbonyl (C=O) groups is 1. The van der Waals surface area contributed by atoms with Crippen LogP contribution in [0.15, 0.2) is 48.5 Å². The molecule has 0 fully saturated rings. The van der Waals surface area contributed by atoms with Gasteiger partial charge in [-0.3, -0.25) is 4.79 Å². The van der Waals surface area contributed by atoms with Crippen molar-refractivity contribution in [1.29, 1.82) is 0 Å².